The molecule has 3 aromatic carbocycles. The molecule has 4 aromatic rings. The number of aromatic nitrogens is 4. The zero-order chi connectivity index (χ0) is 23.9. The van der Waals surface area contributed by atoms with E-state index in [0.717, 1.165) is 11.3 Å². The van der Waals surface area contributed by atoms with Crippen molar-refractivity contribution in [2.24, 2.45) is 0 Å². The number of benzene rings is 3. The van der Waals surface area contributed by atoms with E-state index in [4.69, 9.17) is 14.2 Å². The molecule has 0 saturated heterocycles. The first-order valence-corrected chi connectivity index (χ1v) is 10.5. The summed E-state index contributed by atoms with van der Waals surface area (Å²) in [4.78, 5) is 11.3. The molecule has 0 fully saturated rings. The molecular weight excluding hydrogens is 438 g/mol. The lowest BCUT2D eigenvalue weighted by Crippen LogP contribution is -2.05. The number of anilines is 1. The fourth-order valence-corrected chi connectivity index (χ4v) is 3.26. The molecule has 1 heterocycles. The van der Waals surface area contributed by atoms with Gasteiger partial charge >= 0.3 is 12.0 Å². The predicted octanol–water partition coefficient (Wildman–Crippen LogP) is 4.17. The molecule has 2 N–H and O–H groups in total. The molecule has 0 spiro atoms. The number of ether oxygens (including phenoxy) is 3. The lowest BCUT2D eigenvalue weighted by molar-refractivity contribution is 0.0697. The average Bonchev–Trinajstić information content (AvgIpc) is 3.32. The molecular formula is C24H23N5O5. The van der Waals surface area contributed by atoms with E-state index >= 15 is 0 Å². The van der Waals surface area contributed by atoms with Crippen molar-refractivity contribution in [2.45, 2.75) is 13.5 Å². The minimum atomic E-state index is -1.01. The van der Waals surface area contributed by atoms with Crippen molar-refractivity contribution in [1.29, 1.82) is 0 Å². The van der Waals surface area contributed by atoms with Crippen molar-refractivity contribution in [3.63, 3.8) is 0 Å². The fraction of sp³-hybridized carbons (Fsp3) is 0.167. The highest BCUT2D eigenvalue weighted by Gasteiger charge is 2.15. The normalized spacial score (nSPS) is 10.5. The summed E-state index contributed by atoms with van der Waals surface area (Å²) in [6.45, 7) is 2.72. The third kappa shape index (κ3) is 5.07. The quantitative estimate of drug-likeness (QED) is 0.358. The second kappa shape index (κ2) is 10.3. The number of hydrogen-bond acceptors (Lipinski definition) is 8. The predicted molar refractivity (Wildman–Crippen MR) is 124 cm³/mol. The van der Waals surface area contributed by atoms with Gasteiger partial charge in [0.05, 0.1) is 30.7 Å². The average molecular weight is 461 g/mol. The minimum Gasteiger partial charge on any atom is -0.495 e. The summed E-state index contributed by atoms with van der Waals surface area (Å²) in [7, 11) is 1.53. The van der Waals surface area contributed by atoms with Crippen LogP contribution < -0.4 is 19.5 Å². The maximum atomic E-state index is 11.3. The van der Waals surface area contributed by atoms with Crippen LogP contribution >= 0.6 is 0 Å². The van der Waals surface area contributed by atoms with Crippen LogP contribution in [0.3, 0.4) is 0 Å². The highest BCUT2D eigenvalue weighted by atomic mass is 16.5. The fourth-order valence-electron chi connectivity index (χ4n) is 3.26. The Bertz CT molecular complexity index is 1280. The Kier molecular flexibility index (Phi) is 6.87. The molecule has 0 aliphatic carbocycles. The van der Waals surface area contributed by atoms with Gasteiger partial charge in [0.2, 0.25) is 0 Å². The summed E-state index contributed by atoms with van der Waals surface area (Å²) >= 11 is 0. The van der Waals surface area contributed by atoms with Gasteiger partial charge in [-0.2, -0.15) is 4.68 Å². The topological polar surface area (TPSA) is 121 Å². The standard InChI is InChI=1S/C24H23N5O5/c1-3-33-22-13-16(15-25-19-14-17(23(30)31)10-12-20(19)32-2)9-11-21(22)34-24-26-27-28-29(24)18-7-5-4-6-8-18/h4-14,25H,3,15H2,1-2H3,(H,30,31). The van der Waals surface area contributed by atoms with Crippen LogP contribution in [0.4, 0.5) is 5.69 Å². The highest BCUT2D eigenvalue weighted by Crippen LogP contribution is 2.33. The van der Waals surface area contributed by atoms with E-state index in [-0.39, 0.29) is 11.6 Å². The Hall–Kier alpha value is -4.60. The van der Waals surface area contributed by atoms with Gasteiger partial charge in [-0.3, -0.25) is 0 Å². The molecule has 0 atom stereocenters. The van der Waals surface area contributed by atoms with Crippen LogP contribution in [0.1, 0.15) is 22.8 Å². The van der Waals surface area contributed by atoms with E-state index in [1.807, 2.05) is 49.4 Å². The molecule has 34 heavy (non-hydrogen) atoms. The van der Waals surface area contributed by atoms with Crippen LogP contribution in [0.5, 0.6) is 23.3 Å². The number of carbonyl (C=O) groups is 1. The van der Waals surface area contributed by atoms with Crippen LogP contribution in [0.25, 0.3) is 5.69 Å². The van der Waals surface area contributed by atoms with Gasteiger partial charge in [0, 0.05) is 6.54 Å². The Morgan fingerprint density at radius 1 is 1.03 bits per heavy atom. The first-order chi connectivity index (χ1) is 16.6. The van der Waals surface area contributed by atoms with E-state index in [1.54, 1.807) is 12.1 Å². The number of methoxy groups -OCH3 is 1. The first-order valence-electron chi connectivity index (χ1n) is 10.5. The number of tetrazole rings is 1. The van der Waals surface area contributed by atoms with Gasteiger partial charge in [-0.25, -0.2) is 4.79 Å². The lowest BCUT2D eigenvalue weighted by Gasteiger charge is -2.15. The van der Waals surface area contributed by atoms with Crippen molar-refractivity contribution < 1.29 is 24.1 Å². The van der Waals surface area contributed by atoms with Crippen molar-refractivity contribution >= 4 is 11.7 Å². The Labute approximate surface area is 195 Å². The maximum Gasteiger partial charge on any atom is 0.346 e. The van der Waals surface area contributed by atoms with Gasteiger partial charge in [0.25, 0.3) is 0 Å². The number of nitrogens with zero attached hydrogens (tertiary/aromatic N) is 4. The number of rotatable bonds is 10. The molecule has 4 rings (SSSR count). The smallest absolute Gasteiger partial charge is 0.346 e. The van der Waals surface area contributed by atoms with Gasteiger partial charge in [-0.15, -0.1) is 0 Å². The summed E-state index contributed by atoms with van der Waals surface area (Å²) < 4.78 is 18.6. The van der Waals surface area contributed by atoms with Gasteiger partial charge in [0.15, 0.2) is 11.5 Å². The molecule has 0 radical (unpaired) electrons. The number of carboxylic acids is 1. The SMILES string of the molecule is CCOc1cc(CNc2cc(C(=O)O)ccc2OC)ccc1Oc1nnnn1-c1ccccc1. The number of aromatic carboxylic acids is 1. The first kappa shape index (κ1) is 22.6. The number of nitrogens with one attached hydrogen (secondary N) is 1. The van der Waals surface area contributed by atoms with Crippen LogP contribution in [0.15, 0.2) is 66.7 Å². The molecule has 0 aliphatic rings. The number of hydrogen-bond donors (Lipinski definition) is 2. The molecule has 174 valence electrons. The van der Waals surface area contributed by atoms with Gasteiger partial charge in [-0.05, 0) is 65.4 Å². The summed E-state index contributed by atoms with van der Waals surface area (Å²) in [5.74, 6) is 0.519. The van der Waals surface area contributed by atoms with E-state index < -0.39 is 5.97 Å². The second-order valence-corrected chi connectivity index (χ2v) is 7.10. The summed E-state index contributed by atoms with van der Waals surface area (Å²) in [6.07, 6.45) is 0. The highest BCUT2D eigenvalue weighted by molar-refractivity contribution is 5.89. The molecule has 0 saturated carbocycles. The molecule has 10 heteroatoms. The minimum absolute atomic E-state index is 0.165. The van der Waals surface area contributed by atoms with Crippen LogP contribution in [0.2, 0.25) is 0 Å². The third-order valence-electron chi connectivity index (χ3n) is 4.88. The zero-order valence-electron chi connectivity index (χ0n) is 18.6. The second-order valence-electron chi connectivity index (χ2n) is 7.10. The molecule has 0 bridgehead atoms. The van der Waals surface area contributed by atoms with Crippen LogP contribution in [-0.4, -0.2) is 45.0 Å². The summed E-state index contributed by atoms with van der Waals surface area (Å²) in [5, 5.41) is 24.2. The molecule has 0 amide bonds. The molecule has 1 aromatic heterocycles. The Morgan fingerprint density at radius 3 is 2.56 bits per heavy atom. The molecule has 0 aliphatic heterocycles. The summed E-state index contributed by atoms with van der Waals surface area (Å²) in [5.41, 5.74) is 2.39. The van der Waals surface area contributed by atoms with E-state index in [2.05, 4.69) is 20.8 Å². The van der Waals surface area contributed by atoms with Crippen molar-refractivity contribution in [3.05, 3.63) is 77.9 Å². The number of para-hydroxylation sites is 1. The van der Waals surface area contributed by atoms with Crippen molar-refractivity contribution in [3.8, 4) is 28.9 Å². The van der Waals surface area contributed by atoms with Gasteiger partial charge in [0.1, 0.15) is 5.75 Å². The van der Waals surface area contributed by atoms with Crippen LogP contribution in [0, 0.1) is 0 Å². The number of carboxylic acid groups (broad SMARTS) is 1. The Balaban J connectivity index is 1.55. The molecule has 0 unspecified atom stereocenters. The lowest BCUT2D eigenvalue weighted by atomic mass is 10.1. The summed E-state index contributed by atoms with van der Waals surface area (Å²) in [6, 6.07) is 19.7. The van der Waals surface area contributed by atoms with E-state index in [9.17, 15) is 9.90 Å². The Morgan fingerprint density at radius 2 is 1.82 bits per heavy atom. The molecule has 10 nitrogen and oxygen atoms in total. The van der Waals surface area contributed by atoms with Crippen molar-refractivity contribution in [2.75, 3.05) is 19.0 Å². The van der Waals surface area contributed by atoms with Crippen molar-refractivity contribution in [1.82, 2.24) is 20.2 Å². The van der Waals surface area contributed by atoms with Gasteiger partial charge < -0.3 is 24.6 Å². The maximum absolute atomic E-state index is 11.3. The van der Waals surface area contributed by atoms with E-state index in [0.29, 0.717) is 36.1 Å². The zero-order valence-corrected chi connectivity index (χ0v) is 18.6. The monoisotopic (exact) mass is 461 g/mol. The van der Waals surface area contributed by atoms with Crippen LogP contribution in [-0.2, 0) is 6.54 Å². The van der Waals surface area contributed by atoms with E-state index in [1.165, 1.54) is 23.9 Å². The van der Waals surface area contributed by atoms with Gasteiger partial charge in [-0.1, -0.05) is 29.4 Å². The largest absolute Gasteiger partial charge is 0.495 e. The third-order valence-corrected chi connectivity index (χ3v) is 4.88.